The number of nitrogens with zero attached hydrogens (tertiary/aromatic N) is 6. The molecule has 2 saturated heterocycles. The van der Waals surface area contributed by atoms with E-state index in [1.165, 1.54) is 20.2 Å². The van der Waals surface area contributed by atoms with E-state index in [1.54, 1.807) is 31.4 Å². The molecule has 5 aromatic rings. The molecule has 55 heavy (non-hydrogen) atoms. The number of fused-ring (bicyclic) bond motifs is 2. The predicted molar refractivity (Wildman–Crippen MR) is 201 cm³/mol. The molecule has 3 N–H and O–H groups in total. The fourth-order valence-corrected chi connectivity index (χ4v) is 8.66. The Morgan fingerprint density at radius 1 is 0.964 bits per heavy atom. The number of hydrogen-bond acceptors (Lipinski definition) is 9. The van der Waals surface area contributed by atoms with E-state index in [4.69, 9.17) is 32.9 Å². The molecule has 18 heteroatoms. The number of alkyl halides is 3. The number of amides is 2. The second-order valence-electron chi connectivity index (χ2n) is 14.0. The summed E-state index contributed by atoms with van der Waals surface area (Å²) in [6, 6.07) is 12.2. The van der Waals surface area contributed by atoms with Gasteiger partial charge in [0.05, 0.1) is 34.1 Å². The quantitative estimate of drug-likeness (QED) is 0.189. The summed E-state index contributed by atoms with van der Waals surface area (Å²) in [5.74, 6) is -1.53. The van der Waals surface area contributed by atoms with E-state index in [9.17, 15) is 27.6 Å². The van der Waals surface area contributed by atoms with E-state index in [0.717, 1.165) is 59.0 Å². The molecule has 3 aromatic heterocycles. The molecule has 2 fully saturated rings. The van der Waals surface area contributed by atoms with E-state index >= 15 is 0 Å². The van der Waals surface area contributed by atoms with Gasteiger partial charge in [-0.25, -0.2) is 24.5 Å². The highest BCUT2D eigenvalue weighted by Gasteiger charge is 2.45. The molecule has 5 heterocycles. The van der Waals surface area contributed by atoms with Crippen molar-refractivity contribution >= 4 is 51.8 Å². The Labute approximate surface area is 321 Å². The van der Waals surface area contributed by atoms with Gasteiger partial charge in [0.25, 0.3) is 5.56 Å². The molecule has 3 aliphatic rings. The van der Waals surface area contributed by atoms with Crippen LogP contribution in [0.3, 0.4) is 0 Å². The number of benzene rings is 2. The summed E-state index contributed by atoms with van der Waals surface area (Å²) in [5.41, 5.74) is 1.90. The normalized spacial score (nSPS) is 19.8. The average Bonchev–Trinajstić information content (AvgIpc) is 3.77. The topological polar surface area (TPSA) is 148 Å². The van der Waals surface area contributed by atoms with Crippen molar-refractivity contribution in [3.8, 4) is 28.3 Å². The van der Waals surface area contributed by atoms with Crippen LogP contribution in [0.15, 0.2) is 52.1 Å². The molecule has 1 spiro atoms. The van der Waals surface area contributed by atoms with E-state index in [0.29, 0.717) is 39.8 Å². The van der Waals surface area contributed by atoms with E-state index in [2.05, 4.69) is 30.8 Å². The Morgan fingerprint density at radius 2 is 1.69 bits per heavy atom. The van der Waals surface area contributed by atoms with Crippen LogP contribution in [-0.4, -0.2) is 67.3 Å². The first-order valence-corrected chi connectivity index (χ1v) is 18.2. The minimum Gasteiger partial charge on any atom is -0.481 e. The number of urea groups is 1. The molecule has 286 valence electrons. The van der Waals surface area contributed by atoms with Crippen molar-refractivity contribution in [2.75, 3.05) is 32.1 Å². The Bertz CT molecular complexity index is 2540. The highest BCUT2D eigenvalue weighted by atomic mass is 35.5. The molecule has 0 bridgehead atoms. The van der Waals surface area contributed by atoms with Gasteiger partial charge in [-0.1, -0.05) is 53.5 Å². The number of methoxy groups -OCH3 is 1. The van der Waals surface area contributed by atoms with E-state index < -0.39 is 34.7 Å². The monoisotopic (exact) mass is 795 g/mol. The van der Waals surface area contributed by atoms with Crippen molar-refractivity contribution in [2.45, 2.75) is 43.4 Å². The largest absolute Gasteiger partial charge is 0.481 e. The van der Waals surface area contributed by atoms with Crippen molar-refractivity contribution < 1.29 is 22.7 Å². The molecular weight excluding hydrogens is 762 g/mol. The number of pyridine rings is 1. The number of halogens is 5. The van der Waals surface area contributed by atoms with Gasteiger partial charge in [0.1, 0.15) is 11.2 Å². The average molecular weight is 797 g/mol. The van der Waals surface area contributed by atoms with Gasteiger partial charge in [-0.3, -0.25) is 18.8 Å². The highest BCUT2D eigenvalue weighted by Crippen LogP contribution is 2.47. The maximum atomic E-state index is 13.9. The third kappa shape index (κ3) is 6.25. The number of rotatable bonds is 6. The van der Waals surface area contributed by atoms with Gasteiger partial charge in [-0.2, -0.15) is 13.2 Å². The lowest BCUT2D eigenvalue weighted by atomic mass is 9.93. The standard InChI is InChI=1S/C37H34Cl2F3N9O4/c1-49-30-26(32(52)50(2)35(49)54)29(46-33(47-30)37(40,41)42)44-22-9-5-7-20(28(22)39)19-6-4-8-21(27(19)38)23-16-18-10-11-24(25(18)31(45-23)55-3)51-15-13-36(17-51)12-14-43-34(53)48-36/h4-9,16,24H,10-15,17H2,1-3H3,(H2,43,48,53)(H,44,46,47)/t24-,36-/m1/s1. The van der Waals surface area contributed by atoms with E-state index in [1.807, 2.05) is 12.1 Å². The predicted octanol–water partition coefficient (Wildman–Crippen LogP) is 5.97. The Kier molecular flexibility index (Phi) is 9.04. The summed E-state index contributed by atoms with van der Waals surface area (Å²) in [6.07, 6.45) is -1.59. The zero-order valence-electron chi connectivity index (χ0n) is 29.8. The van der Waals surface area contributed by atoms with Crippen LogP contribution >= 0.6 is 23.2 Å². The number of anilines is 2. The number of ether oxygens (including phenoxy) is 1. The first kappa shape index (κ1) is 36.8. The van der Waals surface area contributed by atoms with Crippen molar-refractivity contribution in [3.05, 3.63) is 90.3 Å². The van der Waals surface area contributed by atoms with Crippen LogP contribution in [0.5, 0.6) is 5.88 Å². The molecule has 8 rings (SSSR count). The molecular formula is C37H34Cl2F3N9O4. The fourth-order valence-electron chi connectivity index (χ4n) is 8.06. The van der Waals surface area contributed by atoms with Crippen LogP contribution in [0.1, 0.15) is 42.3 Å². The number of carbonyl (C=O) groups is 1. The first-order valence-electron chi connectivity index (χ1n) is 17.5. The second kappa shape index (κ2) is 13.5. The maximum absolute atomic E-state index is 13.9. The Balaban J connectivity index is 1.15. The smallest absolute Gasteiger partial charge is 0.451 e. The van der Waals surface area contributed by atoms with Gasteiger partial charge in [0, 0.05) is 62.0 Å². The lowest BCUT2D eigenvalue weighted by molar-refractivity contribution is -0.144. The summed E-state index contributed by atoms with van der Waals surface area (Å²) in [7, 11) is 4.01. The van der Waals surface area contributed by atoms with Crippen molar-refractivity contribution in [2.24, 2.45) is 14.1 Å². The third-order valence-electron chi connectivity index (χ3n) is 10.8. The summed E-state index contributed by atoms with van der Waals surface area (Å²) < 4.78 is 49.3. The lowest BCUT2D eigenvalue weighted by Crippen LogP contribution is -2.59. The van der Waals surface area contributed by atoms with Crippen molar-refractivity contribution in [1.29, 1.82) is 0 Å². The van der Waals surface area contributed by atoms with Gasteiger partial charge < -0.3 is 20.7 Å². The number of nitrogens with one attached hydrogen (secondary N) is 3. The summed E-state index contributed by atoms with van der Waals surface area (Å²) in [6.45, 7) is 2.23. The molecule has 0 radical (unpaired) electrons. The first-order chi connectivity index (χ1) is 26.2. The highest BCUT2D eigenvalue weighted by molar-refractivity contribution is 6.39. The van der Waals surface area contributed by atoms with E-state index in [-0.39, 0.29) is 33.7 Å². The SMILES string of the molecule is COc1nc(-c2cccc(-c3cccc(Nc4nc(C(F)(F)F)nc5c4c(=O)n(C)c(=O)n5C)c3Cl)c2Cl)cc2c1[C@H](N1CC[C@]3(CCNC(=O)N3)C1)CC2. The molecule has 2 amide bonds. The van der Waals surface area contributed by atoms with Crippen LogP contribution in [0, 0.1) is 0 Å². The molecule has 0 saturated carbocycles. The minimum atomic E-state index is -4.99. The number of hydrogen-bond donors (Lipinski definition) is 3. The molecule has 1 aliphatic carbocycles. The van der Waals surface area contributed by atoms with Crippen molar-refractivity contribution in [1.82, 2.24) is 39.6 Å². The lowest BCUT2D eigenvalue weighted by Gasteiger charge is -2.36. The van der Waals surface area contributed by atoms with Gasteiger partial charge in [-0.05, 0) is 43.4 Å². The van der Waals surface area contributed by atoms with Gasteiger partial charge in [0.2, 0.25) is 11.7 Å². The van der Waals surface area contributed by atoms with Gasteiger partial charge in [-0.15, -0.1) is 0 Å². The number of likely N-dealkylation sites (tertiary alicyclic amines) is 1. The third-order valence-corrected chi connectivity index (χ3v) is 11.6. The maximum Gasteiger partial charge on any atom is 0.451 e. The summed E-state index contributed by atoms with van der Waals surface area (Å²) in [5, 5.41) is 8.88. The van der Waals surface area contributed by atoms with Crippen LogP contribution < -0.4 is 31.9 Å². The Morgan fingerprint density at radius 3 is 2.42 bits per heavy atom. The van der Waals surface area contributed by atoms with Crippen LogP contribution in [-0.2, 0) is 26.7 Å². The van der Waals surface area contributed by atoms with Crippen LogP contribution in [0.25, 0.3) is 33.4 Å². The van der Waals surface area contributed by atoms with Crippen molar-refractivity contribution in [3.63, 3.8) is 0 Å². The van der Waals surface area contributed by atoms with Gasteiger partial charge >= 0.3 is 17.9 Å². The molecule has 2 atom stereocenters. The number of carbonyl (C=O) groups excluding carboxylic acids is 1. The molecule has 2 aromatic carbocycles. The zero-order chi connectivity index (χ0) is 39.0. The molecule has 2 aliphatic heterocycles. The molecule has 13 nitrogen and oxygen atoms in total. The van der Waals surface area contributed by atoms with Crippen LogP contribution in [0.2, 0.25) is 10.0 Å². The van der Waals surface area contributed by atoms with Crippen LogP contribution in [0.4, 0.5) is 29.5 Å². The van der Waals surface area contributed by atoms with Gasteiger partial charge in [0.15, 0.2) is 5.65 Å². The minimum absolute atomic E-state index is 0.0813. The Hall–Kier alpha value is -5.19. The second-order valence-corrected chi connectivity index (χ2v) is 14.8. The number of aryl methyl sites for hydroxylation is 2. The summed E-state index contributed by atoms with van der Waals surface area (Å²) >= 11 is 14.1. The summed E-state index contributed by atoms with van der Waals surface area (Å²) in [4.78, 5) is 52.4. The number of aromatic nitrogens is 5. The molecule has 0 unspecified atom stereocenters. The fraction of sp³-hybridized carbons (Fsp3) is 0.351. The zero-order valence-corrected chi connectivity index (χ0v) is 31.3.